The Hall–Kier alpha value is -1.64. The molecule has 0 unspecified atom stereocenters. The third-order valence-electron chi connectivity index (χ3n) is 1.73. The first kappa shape index (κ1) is 9.45. The Morgan fingerprint density at radius 2 is 2.38 bits per heavy atom. The van der Waals surface area contributed by atoms with E-state index in [-0.39, 0.29) is 0 Å². The molecule has 1 aromatic carbocycles. The van der Waals surface area contributed by atoms with Crippen LogP contribution in [0.4, 0.5) is 5.69 Å². The van der Waals surface area contributed by atoms with E-state index in [0.29, 0.717) is 12.1 Å². The van der Waals surface area contributed by atoms with Gasteiger partial charge in [0.25, 0.3) is 0 Å². The van der Waals surface area contributed by atoms with Crippen LogP contribution in [0.3, 0.4) is 0 Å². The lowest BCUT2D eigenvalue weighted by Crippen LogP contribution is -1.89. The van der Waals surface area contributed by atoms with E-state index >= 15 is 0 Å². The Bertz CT molecular complexity index is 321. The number of hydrogen-bond acceptors (Lipinski definition) is 3. The van der Waals surface area contributed by atoms with Crippen molar-refractivity contribution in [3.05, 3.63) is 41.3 Å². The molecule has 13 heavy (non-hydrogen) atoms. The standard InChI is InChI=1S/C10H11NO2/c1-3-4-8-7-9(11-12)5-6-10(8)13-2/h3,5-7H,1,4H2,2H3. The molecule has 0 aromatic heterocycles. The second-order valence-corrected chi connectivity index (χ2v) is 2.58. The van der Waals surface area contributed by atoms with Gasteiger partial charge in [0, 0.05) is 5.56 Å². The fourth-order valence-electron chi connectivity index (χ4n) is 1.14. The maximum absolute atomic E-state index is 10.2. The molecule has 0 bridgehead atoms. The summed E-state index contributed by atoms with van der Waals surface area (Å²) in [6, 6.07) is 5.06. The molecule has 68 valence electrons. The average Bonchev–Trinajstić information content (AvgIpc) is 2.18. The van der Waals surface area contributed by atoms with Crippen LogP contribution in [0.15, 0.2) is 36.0 Å². The van der Waals surface area contributed by atoms with Crippen LogP contribution in [-0.2, 0) is 6.42 Å². The first-order valence-electron chi connectivity index (χ1n) is 3.93. The number of methoxy groups -OCH3 is 1. The van der Waals surface area contributed by atoms with Gasteiger partial charge in [0.15, 0.2) is 0 Å². The fraction of sp³-hybridized carbons (Fsp3) is 0.200. The molecule has 3 heteroatoms. The number of ether oxygens (including phenoxy) is 1. The summed E-state index contributed by atoms with van der Waals surface area (Å²) in [5.41, 5.74) is 1.34. The van der Waals surface area contributed by atoms with Gasteiger partial charge in [0.05, 0.1) is 7.11 Å². The van der Waals surface area contributed by atoms with Crippen LogP contribution >= 0.6 is 0 Å². The van der Waals surface area contributed by atoms with Crippen molar-refractivity contribution in [3.8, 4) is 5.75 Å². The molecule has 0 aliphatic carbocycles. The van der Waals surface area contributed by atoms with Crippen LogP contribution < -0.4 is 4.74 Å². The van der Waals surface area contributed by atoms with Crippen molar-refractivity contribution >= 4 is 5.69 Å². The summed E-state index contributed by atoms with van der Waals surface area (Å²) in [6.07, 6.45) is 2.43. The molecule has 0 aliphatic rings. The maximum atomic E-state index is 10.2. The molecule has 1 aromatic rings. The van der Waals surface area contributed by atoms with Crippen molar-refractivity contribution in [3.63, 3.8) is 0 Å². The normalized spacial score (nSPS) is 9.31. The number of benzene rings is 1. The van der Waals surface area contributed by atoms with Crippen LogP contribution in [0.1, 0.15) is 5.56 Å². The van der Waals surface area contributed by atoms with E-state index in [4.69, 9.17) is 4.74 Å². The number of nitroso groups, excluding NO2 is 1. The smallest absolute Gasteiger partial charge is 0.122 e. The van der Waals surface area contributed by atoms with Gasteiger partial charge in [-0.2, -0.15) is 0 Å². The van der Waals surface area contributed by atoms with Gasteiger partial charge in [-0.15, -0.1) is 11.5 Å². The molecule has 0 amide bonds. The molecule has 0 heterocycles. The largest absolute Gasteiger partial charge is 0.496 e. The first-order chi connectivity index (χ1) is 6.31. The summed E-state index contributed by atoms with van der Waals surface area (Å²) < 4.78 is 5.11. The summed E-state index contributed by atoms with van der Waals surface area (Å²) in [6.45, 7) is 3.62. The monoisotopic (exact) mass is 177 g/mol. The van der Waals surface area contributed by atoms with E-state index in [1.807, 2.05) is 0 Å². The number of nitrogens with zero attached hydrogens (tertiary/aromatic N) is 1. The van der Waals surface area contributed by atoms with Gasteiger partial charge in [0.2, 0.25) is 0 Å². The minimum Gasteiger partial charge on any atom is -0.496 e. The zero-order valence-electron chi connectivity index (χ0n) is 7.49. The molecular formula is C10H11NO2. The lowest BCUT2D eigenvalue weighted by molar-refractivity contribution is 0.411. The van der Waals surface area contributed by atoms with Gasteiger partial charge in [-0.1, -0.05) is 6.08 Å². The highest BCUT2D eigenvalue weighted by Gasteiger charge is 2.02. The van der Waals surface area contributed by atoms with Crippen LogP contribution in [0.5, 0.6) is 5.75 Å². The zero-order chi connectivity index (χ0) is 9.68. The minimum absolute atomic E-state index is 0.414. The summed E-state index contributed by atoms with van der Waals surface area (Å²) in [5.74, 6) is 0.757. The third kappa shape index (κ3) is 2.15. The van der Waals surface area contributed by atoms with Gasteiger partial charge < -0.3 is 4.74 Å². The minimum atomic E-state index is 0.414. The molecule has 1 rings (SSSR count). The van der Waals surface area contributed by atoms with Crippen molar-refractivity contribution in [2.24, 2.45) is 5.18 Å². The number of rotatable bonds is 4. The second kappa shape index (κ2) is 4.40. The number of hydrogen-bond donors (Lipinski definition) is 0. The Kier molecular flexibility index (Phi) is 3.20. The van der Waals surface area contributed by atoms with Crippen molar-refractivity contribution in [2.45, 2.75) is 6.42 Å². The molecule has 0 atom stereocenters. The topological polar surface area (TPSA) is 38.7 Å². The van der Waals surface area contributed by atoms with Crippen molar-refractivity contribution in [1.82, 2.24) is 0 Å². The molecular weight excluding hydrogens is 166 g/mol. The summed E-state index contributed by atoms with van der Waals surface area (Å²) in [7, 11) is 1.59. The van der Waals surface area contributed by atoms with Crippen molar-refractivity contribution in [2.75, 3.05) is 7.11 Å². The molecule has 0 radical (unpaired) electrons. The highest BCUT2D eigenvalue weighted by atomic mass is 16.5. The summed E-state index contributed by atoms with van der Waals surface area (Å²) in [5, 5.41) is 2.85. The van der Waals surface area contributed by atoms with E-state index in [1.54, 1.807) is 31.4 Å². The van der Waals surface area contributed by atoms with Crippen LogP contribution in [0.25, 0.3) is 0 Å². The Morgan fingerprint density at radius 3 is 2.92 bits per heavy atom. The number of allylic oxidation sites excluding steroid dienone is 1. The average molecular weight is 177 g/mol. The zero-order valence-corrected chi connectivity index (χ0v) is 7.49. The van der Waals surface area contributed by atoms with E-state index in [2.05, 4.69) is 11.8 Å². The van der Waals surface area contributed by atoms with Gasteiger partial charge in [-0.05, 0) is 29.8 Å². The molecule has 0 saturated heterocycles. The molecule has 0 aliphatic heterocycles. The molecule has 3 nitrogen and oxygen atoms in total. The molecule has 0 fully saturated rings. The summed E-state index contributed by atoms with van der Waals surface area (Å²) >= 11 is 0. The van der Waals surface area contributed by atoms with Gasteiger partial charge in [-0.25, -0.2) is 0 Å². The van der Waals surface area contributed by atoms with Gasteiger partial charge in [0.1, 0.15) is 11.4 Å². The van der Waals surface area contributed by atoms with E-state index in [1.165, 1.54) is 0 Å². The summed E-state index contributed by atoms with van der Waals surface area (Å²) in [4.78, 5) is 10.2. The predicted octanol–water partition coefficient (Wildman–Crippen LogP) is 2.82. The Labute approximate surface area is 77.0 Å². The van der Waals surface area contributed by atoms with Crippen LogP contribution in [0, 0.1) is 4.91 Å². The Balaban J connectivity index is 3.08. The molecule has 0 saturated carbocycles. The Morgan fingerprint density at radius 1 is 1.62 bits per heavy atom. The predicted molar refractivity (Wildman–Crippen MR) is 52.4 cm³/mol. The third-order valence-corrected chi connectivity index (χ3v) is 1.73. The maximum Gasteiger partial charge on any atom is 0.122 e. The highest BCUT2D eigenvalue weighted by molar-refractivity contribution is 5.47. The molecule has 0 N–H and O–H groups in total. The lowest BCUT2D eigenvalue weighted by atomic mass is 10.1. The van der Waals surface area contributed by atoms with Crippen LogP contribution in [-0.4, -0.2) is 7.11 Å². The SMILES string of the molecule is C=CCc1cc(N=O)ccc1OC. The van der Waals surface area contributed by atoms with E-state index < -0.39 is 0 Å². The van der Waals surface area contributed by atoms with E-state index in [0.717, 1.165) is 11.3 Å². The fourth-order valence-corrected chi connectivity index (χ4v) is 1.14. The van der Waals surface area contributed by atoms with Gasteiger partial charge in [-0.3, -0.25) is 0 Å². The quantitative estimate of drug-likeness (QED) is 0.524. The highest BCUT2D eigenvalue weighted by Crippen LogP contribution is 2.24. The van der Waals surface area contributed by atoms with Crippen molar-refractivity contribution < 1.29 is 4.74 Å². The van der Waals surface area contributed by atoms with Gasteiger partial charge >= 0.3 is 0 Å². The van der Waals surface area contributed by atoms with E-state index in [9.17, 15) is 4.91 Å². The van der Waals surface area contributed by atoms with Crippen LogP contribution in [0.2, 0.25) is 0 Å². The second-order valence-electron chi connectivity index (χ2n) is 2.58. The van der Waals surface area contributed by atoms with Crippen molar-refractivity contribution in [1.29, 1.82) is 0 Å². The molecule has 0 spiro atoms. The first-order valence-corrected chi connectivity index (χ1v) is 3.93. The lowest BCUT2D eigenvalue weighted by Gasteiger charge is -2.05.